The van der Waals surface area contributed by atoms with Gasteiger partial charge in [-0.3, -0.25) is 4.79 Å². The van der Waals surface area contributed by atoms with Crippen molar-refractivity contribution >= 4 is 17.7 Å². The van der Waals surface area contributed by atoms with Crippen molar-refractivity contribution in [2.45, 2.75) is 18.2 Å². The highest BCUT2D eigenvalue weighted by molar-refractivity contribution is 7.99. The molecular formula is C14H15NO2S. The molecule has 0 aromatic heterocycles. The molecule has 3 nitrogen and oxygen atoms in total. The van der Waals surface area contributed by atoms with Crippen LogP contribution in [0.5, 0.6) is 0 Å². The van der Waals surface area contributed by atoms with Gasteiger partial charge in [0.1, 0.15) is 6.61 Å². The monoisotopic (exact) mass is 261 g/mol. The lowest BCUT2D eigenvalue weighted by Crippen LogP contribution is -1.98. The maximum atomic E-state index is 10.6. The third-order valence-corrected chi connectivity index (χ3v) is 3.16. The van der Waals surface area contributed by atoms with E-state index in [0.717, 1.165) is 5.75 Å². The molecule has 0 fully saturated rings. The van der Waals surface area contributed by atoms with Crippen LogP contribution in [0.4, 0.5) is 0 Å². The molecule has 18 heavy (non-hydrogen) atoms. The van der Waals surface area contributed by atoms with E-state index in [1.807, 2.05) is 30.3 Å². The van der Waals surface area contributed by atoms with Gasteiger partial charge < -0.3 is 4.74 Å². The molecular weight excluding hydrogens is 246 g/mol. The minimum atomic E-state index is -0.331. The van der Waals surface area contributed by atoms with Gasteiger partial charge in [0, 0.05) is 23.1 Å². The Hall–Kier alpha value is -1.73. The van der Waals surface area contributed by atoms with E-state index in [9.17, 15) is 4.79 Å². The van der Waals surface area contributed by atoms with Crippen molar-refractivity contribution in [3.63, 3.8) is 0 Å². The molecule has 0 bridgehead atoms. The van der Waals surface area contributed by atoms with Crippen LogP contribution in [0.2, 0.25) is 0 Å². The number of nitriles is 1. The fourth-order valence-corrected chi connectivity index (χ4v) is 2.17. The van der Waals surface area contributed by atoms with Crippen LogP contribution >= 0.6 is 11.8 Å². The molecule has 1 aromatic carbocycles. The Balaban J connectivity index is 2.32. The number of nitrogens with zero attached hydrogens (tertiary/aromatic N) is 1. The van der Waals surface area contributed by atoms with Crippen molar-refractivity contribution in [3.05, 3.63) is 42.0 Å². The summed E-state index contributed by atoms with van der Waals surface area (Å²) >= 11 is 1.70. The zero-order chi connectivity index (χ0) is 13.2. The highest BCUT2D eigenvalue weighted by Gasteiger charge is 1.98. The zero-order valence-corrected chi connectivity index (χ0v) is 11.1. The topological polar surface area (TPSA) is 50.1 Å². The summed E-state index contributed by atoms with van der Waals surface area (Å²) in [5, 5.41) is 8.92. The van der Waals surface area contributed by atoms with E-state index in [4.69, 9.17) is 10.00 Å². The van der Waals surface area contributed by atoms with Gasteiger partial charge >= 0.3 is 5.97 Å². The number of allylic oxidation sites excluding steroid dienone is 1. The van der Waals surface area contributed by atoms with Crippen LogP contribution in [-0.2, 0) is 9.53 Å². The molecule has 4 heteroatoms. The normalized spacial score (nSPS) is 10.8. The second kappa shape index (κ2) is 8.37. The van der Waals surface area contributed by atoms with E-state index in [0.29, 0.717) is 12.0 Å². The summed E-state index contributed by atoms with van der Waals surface area (Å²) in [6.07, 6.45) is 2.34. The van der Waals surface area contributed by atoms with Crippen molar-refractivity contribution in [2.75, 3.05) is 12.4 Å². The number of ether oxygens (including phenoxy) is 1. The number of hydrogen-bond acceptors (Lipinski definition) is 4. The van der Waals surface area contributed by atoms with Gasteiger partial charge in [0.05, 0.1) is 6.07 Å². The SMILES string of the molecule is CC(=O)OC/C=C(\C#N)CCSc1ccccc1. The van der Waals surface area contributed by atoms with Crippen LogP contribution in [0.1, 0.15) is 13.3 Å². The van der Waals surface area contributed by atoms with Crippen LogP contribution in [0.3, 0.4) is 0 Å². The Morgan fingerprint density at radius 3 is 2.78 bits per heavy atom. The summed E-state index contributed by atoms with van der Waals surface area (Å²) < 4.78 is 4.77. The number of rotatable bonds is 6. The lowest BCUT2D eigenvalue weighted by atomic mass is 10.2. The van der Waals surface area contributed by atoms with E-state index in [1.165, 1.54) is 11.8 Å². The molecule has 0 radical (unpaired) electrons. The van der Waals surface area contributed by atoms with Crippen molar-refractivity contribution < 1.29 is 9.53 Å². The van der Waals surface area contributed by atoms with Gasteiger partial charge in [0.15, 0.2) is 0 Å². The van der Waals surface area contributed by atoms with Gasteiger partial charge in [0.25, 0.3) is 0 Å². The molecule has 0 saturated carbocycles. The maximum absolute atomic E-state index is 10.6. The van der Waals surface area contributed by atoms with Gasteiger partial charge in [-0.15, -0.1) is 11.8 Å². The van der Waals surface area contributed by atoms with Gasteiger partial charge in [-0.25, -0.2) is 0 Å². The number of hydrogen-bond donors (Lipinski definition) is 0. The average molecular weight is 261 g/mol. The summed E-state index contributed by atoms with van der Waals surface area (Å²) in [7, 11) is 0. The van der Waals surface area contributed by atoms with E-state index in [2.05, 4.69) is 6.07 Å². The lowest BCUT2D eigenvalue weighted by Gasteiger charge is -2.01. The number of esters is 1. The number of carbonyl (C=O) groups excluding carboxylic acids is 1. The smallest absolute Gasteiger partial charge is 0.302 e. The van der Waals surface area contributed by atoms with Crippen molar-refractivity contribution in [1.29, 1.82) is 5.26 Å². The third kappa shape index (κ3) is 6.12. The lowest BCUT2D eigenvalue weighted by molar-refractivity contribution is -0.139. The molecule has 94 valence electrons. The minimum absolute atomic E-state index is 0.175. The van der Waals surface area contributed by atoms with Crippen LogP contribution in [0.25, 0.3) is 0 Å². The molecule has 0 aliphatic heterocycles. The number of thioether (sulfide) groups is 1. The Labute approximate surface area is 111 Å². The number of carbonyl (C=O) groups is 1. The molecule has 0 atom stereocenters. The quantitative estimate of drug-likeness (QED) is 0.448. The molecule has 0 N–H and O–H groups in total. The van der Waals surface area contributed by atoms with Gasteiger partial charge in [-0.1, -0.05) is 18.2 Å². The summed E-state index contributed by atoms with van der Waals surface area (Å²) in [4.78, 5) is 11.8. The van der Waals surface area contributed by atoms with E-state index in [-0.39, 0.29) is 12.6 Å². The van der Waals surface area contributed by atoms with Gasteiger partial charge in [-0.2, -0.15) is 5.26 Å². The fraction of sp³-hybridized carbons (Fsp3) is 0.286. The molecule has 0 spiro atoms. The Morgan fingerprint density at radius 1 is 1.44 bits per heavy atom. The molecule has 0 amide bonds. The third-order valence-electron chi connectivity index (χ3n) is 2.14. The van der Waals surface area contributed by atoms with Crippen LogP contribution in [0, 0.1) is 11.3 Å². The summed E-state index contributed by atoms with van der Waals surface area (Å²) in [6, 6.07) is 12.2. The first kappa shape index (κ1) is 14.3. The van der Waals surface area contributed by atoms with E-state index < -0.39 is 0 Å². The minimum Gasteiger partial charge on any atom is -0.462 e. The summed E-state index contributed by atoms with van der Waals surface area (Å²) in [5.74, 6) is 0.505. The van der Waals surface area contributed by atoms with Crippen molar-refractivity contribution in [2.24, 2.45) is 0 Å². The van der Waals surface area contributed by atoms with Crippen molar-refractivity contribution in [3.8, 4) is 6.07 Å². The molecule has 0 aliphatic carbocycles. The summed E-state index contributed by atoms with van der Waals surface area (Å²) in [5.41, 5.74) is 0.652. The maximum Gasteiger partial charge on any atom is 0.302 e. The standard InChI is InChI=1S/C14H15NO2S/c1-12(16)17-9-7-13(11-15)8-10-18-14-5-3-2-4-6-14/h2-7H,8-10H2,1H3/b13-7-. The predicted molar refractivity (Wildman–Crippen MR) is 72.1 cm³/mol. The fourth-order valence-electron chi connectivity index (χ4n) is 1.26. The summed E-state index contributed by atoms with van der Waals surface area (Å²) in [6.45, 7) is 1.53. The zero-order valence-electron chi connectivity index (χ0n) is 10.3. The first-order chi connectivity index (χ1) is 8.72. The predicted octanol–water partition coefficient (Wildman–Crippen LogP) is 3.18. The highest BCUT2D eigenvalue weighted by atomic mass is 32.2. The Kier molecular flexibility index (Phi) is 6.67. The second-order valence-corrected chi connectivity index (χ2v) is 4.72. The van der Waals surface area contributed by atoms with Crippen LogP contribution in [0.15, 0.2) is 46.9 Å². The van der Waals surface area contributed by atoms with E-state index >= 15 is 0 Å². The Morgan fingerprint density at radius 2 is 2.17 bits per heavy atom. The highest BCUT2D eigenvalue weighted by Crippen LogP contribution is 2.19. The van der Waals surface area contributed by atoms with Gasteiger partial charge in [0.2, 0.25) is 0 Å². The van der Waals surface area contributed by atoms with E-state index in [1.54, 1.807) is 17.8 Å². The average Bonchev–Trinajstić information content (AvgIpc) is 2.38. The Bertz CT molecular complexity index is 449. The largest absolute Gasteiger partial charge is 0.462 e. The molecule has 0 aliphatic rings. The van der Waals surface area contributed by atoms with Gasteiger partial charge in [-0.05, 0) is 24.6 Å². The molecule has 1 aromatic rings. The first-order valence-corrected chi connectivity index (χ1v) is 6.61. The van der Waals surface area contributed by atoms with Crippen LogP contribution in [-0.4, -0.2) is 18.3 Å². The van der Waals surface area contributed by atoms with Crippen molar-refractivity contribution in [1.82, 2.24) is 0 Å². The second-order valence-electron chi connectivity index (χ2n) is 3.56. The first-order valence-electron chi connectivity index (χ1n) is 5.62. The molecule has 0 saturated heterocycles. The molecule has 0 unspecified atom stereocenters. The van der Waals surface area contributed by atoms with Crippen LogP contribution < -0.4 is 0 Å². The number of benzene rings is 1. The molecule has 1 rings (SSSR count). The molecule has 0 heterocycles.